The zero-order valence-electron chi connectivity index (χ0n) is 12.3. The Hall–Kier alpha value is -0.860. The van der Waals surface area contributed by atoms with Gasteiger partial charge in [0.05, 0.1) is 0 Å². The third-order valence-electron chi connectivity index (χ3n) is 4.80. The third kappa shape index (κ3) is 2.85. The highest BCUT2D eigenvalue weighted by atomic mass is 15.2. The van der Waals surface area contributed by atoms with Crippen LogP contribution in [0.2, 0.25) is 0 Å². The van der Waals surface area contributed by atoms with Crippen LogP contribution in [0.4, 0.5) is 0 Å². The number of likely N-dealkylation sites (N-methyl/N-ethyl adjacent to an activating group) is 1. The van der Waals surface area contributed by atoms with Crippen LogP contribution in [-0.2, 0) is 6.42 Å². The van der Waals surface area contributed by atoms with Crippen LogP contribution in [0.3, 0.4) is 0 Å². The van der Waals surface area contributed by atoms with E-state index in [4.69, 9.17) is 0 Å². The molecule has 0 amide bonds. The van der Waals surface area contributed by atoms with Crippen molar-refractivity contribution in [3.8, 4) is 0 Å². The van der Waals surface area contributed by atoms with E-state index in [0.717, 1.165) is 0 Å². The molecule has 0 aromatic heterocycles. The zero-order valence-corrected chi connectivity index (χ0v) is 12.3. The van der Waals surface area contributed by atoms with Crippen molar-refractivity contribution in [3.05, 3.63) is 34.9 Å². The Morgan fingerprint density at radius 3 is 2.95 bits per heavy atom. The third-order valence-corrected chi connectivity index (χ3v) is 4.80. The maximum Gasteiger partial charge on any atom is 0.0351 e. The summed E-state index contributed by atoms with van der Waals surface area (Å²) in [5.41, 5.74) is 4.55. The first-order valence-electron chi connectivity index (χ1n) is 7.77. The topological polar surface area (TPSA) is 15.3 Å². The van der Waals surface area contributed by atoms with Gasteiger partial charge in [0.1, 0.15) is 0 Å². The highest BCUT2D eigenvalue weighted by Gasteiger charge is 2.27. The minimum Gasteiger partial charge on any atom is -0.313 e. The van der Waals surface area contributed by atoms with E-state index in [-0.39, 0.29) is 0 Å². The zero-order chi connectivity index (χ0) is 13.2. The van der Waals surface area contributed by atoms with Crippen LogP contribution in [0.15, 0.2) is 18.2 Å². The fraction of sp³-hybridized carbons (Fsp3) is 0.647. The Kier molecular flexibility index (Phi) is 3.90. The van der Waals surface area contributed by atoms with Crippen LogP contribution in [-0.4, -0.2) is 31.1 Å². The van der Waals surface area contributed by atoms with Crippen LogP contribution >= 0.6 is 0 Å². The van der Waals surface area contributed by atoms with E-state index in [9.17, 15) is 0 Å². The highest BCUT2D eigenvalue weighted by molar-refractivity contribution is 5.37. The fourth-order valence-corrected chi connectivity index (χ4v) is 3.71. The van der Waals surface area contributed by atoms with Crippen molar-refractivity contribution >= 4 is 0 Å². The van der Waals surface area contributed by atoms with Gasteiger partial charge in [-0.25, -0.2) is 0 Å². The predicted molar refractivity (Wildman–Crippen MR) is 80.5 cm³/mol. The van der Waals surface area contributed by atoms with Crippen molar-refractivity contribution < 1.29 is 0 Å². The summed E-state index contributed by atoms with van der Waals surface area (Å²) in [4.78, 5) is 2.58. The number of rotatable bonds is 3. The number of nitrogens with one attached hydrogen (secondary N) is 1. The number of fused-ring (bicyclic) bond motifs is 1. The Labute approximate surface area is 117 Å². The van der Waals surface area contributed by atoms with Crippen molar-refractivity contribution in [1.82, 2.24) is 10.2 Å². The molecule has 3 rings (SSSR count). The molecule has 1 aromatic carbocycles. The molecule has 104 valence electrons. The molecule has 1 heterocycles. The Balaban J connectivity index is 1.68. The minimum atomic E-state index is 0.638. The molecular formula is C17H26N2. The molecule has 1 aromatic rings. The minimum absolute atomic E-state index is 0.638. The summed E-state index contributed by atoms with van der Waals surface area (Å²) < 4.78 is 0. The quantitative estimate of drug-likeness (QED) is 0.896. The Bertz CT molecular complexity index is 435. The van der Waals surface area contributed by atoms with Crippen LogP contribution in [0, 0.1) is 6.92 Å². The number of hydrogen-bond donors (Lipinski definition) is 1. The molecule has 2 heteroatoms. The van der Waals surface area contributed by atoms with Gasteiger partial charge >= 0.3 is 0 Å². The van der Waals surface area contributed by atoms with Crippen molar-refractivity contribution in [2.45, 2.75) is 51.1 Å². The largest absolute Gasteiger partial charge is 0.313 e. The van der Waals surface area contributed by atoms with E-state index in [0.29, 0.717) is 12.1 Å². The summed E-state index contributed by atoms with van der Waals surface area (Å²) in [7, 11) is 2.30. The first-order valence-corrected chi connectivity index (χ1v) is 7.77. The van der Waals surface area contributed by atoms with Gasteiger partial charge in [-0.1, -0.05) is 30.2 Å². The summed E-state index contributed by atoms with van der Waals surface area (Å²) >= 11 is 0. The molecular weight excluding hydrogens is 232 g/mol. The second kappa shape index (κ2) is 5.64. The van der Waals surface area contributed by atoms with Crippen molar-refractivity contribution in [1.29, 1.82) is 0 Å². The van der Waals surface area contributed by atoms with E-state index in [1.54, 1.807) is 11.1 Å². The molecule has 1 saturated heterocycles. The van der Waals surface area contributed by atoms with Gasteiger partial charge in [-0.3, -0.25) is 4.90 Å². The van der Waals surface area contributed by atoms with Gasteiger partial charge in [0, 0.05) is 18.6 Å². The summed E-state index contributed by atoms with van der Waals surface area (Å²) in [6.45, 7) is 4.61. The van der Waals surface area contributed by atoms with Crippen LogP contribution in [0.5, 0.6) is 0 Å². The number of nitrogens with zero attached hydrogens (tertiary/aromatic N) is 1. The summed E-state index contributed by atoms with van der Waals surface area (Å²) in [6.07, 6.45) is 6.64. The summed E-state index contributed by atoms with van der Waals surface area (Å²) in [5, 5.41) is 3.67. The van der Waals surface area contributed by atoms with Crippen LogP contribution in [0.25, 0.3) is 0 Å². The van der Waals surface area contributed by atoms with Gasteiger partial charge in [-0.05, 0) is 57.3 Å². The maximum atomic E-state index is 3.67. The molecule has 1 fully saturated rings. The van der Waals surface area contributed by atoms with Crippen molar-refractivity contribution in [3.63, 3.8) is 0 Å². The van der Waals surface area contributed by atoms with Crippen LogP contribution in [0.1, 0.15) is 48.4 Å². The van der Waals surface area contributed by atoms with E-state index in [1.165, 1.54) is 50.8 Å². The number of piperidine rings is 1. The molecule has 19 heavy (non-hydrogen) atoms. The second-order valence-corrected chi connectivity index (χ2v) is 6.34. The lowest BCUT2D eigenvalue weighted by Crippen LogP contribution is -2.43. The number of benzene rings is 1. The lowest BCUT2D eigenvalue weighted by molar-refractivity contribution is 0.203. The molecule has 2 unspecified atom stereocenters. The van der Waals surface area contributed by atoms with Gasteiger partial charge in [-0.2, -0.15) is 0 Å². The monoisotopic (exact) mass is 258 g/mol. The van der Waals surface area contributed by atoms with Crippen molar-refractivity contribution in [2.24, 2.45) is 0 Å². The number of aryl methyl sites for hydroxylation is 2. The predicted octanol–water partition coefficient (Wildman–Crippen LogP) is 3.06. The standard InChI is InChI=1S/C17H26N2/c1-13-6-7-14-8-9-17(16(14)11-13)19(2)12-15-5-3-4-10-18-15/h6-7,11,15,17-18H,3-5,8-10,12H2,1-2H3. The van der Waals surface area contributed by atoms with Gasteiger partial charge in [0.25, 0.3) is 0 Å². The first-order chi connectivity index (χ1) is 9.24. The molecule has 2 nitrogen and oxygen atoms in total. The molecule has 0 spiro atoms. The number of hydrogen-bond acceptors (Lipinski definition) is 2. The molecule has 1 aliphatic carbocycles. The molecule has 0 radical (unpaired) electrons. The Morgan fingerprint density at radius 1 is 1.26 bits per heavy atom. The van der Waals surface area contributed by atoms with Crippen LogP contribution < -0.4 is 5.32 Å². The molecule has 2 atom stereocenters. The molecule has 0 bridgehead atoms. The summed E-state index contributed by atoms with van der Waals surface area (Å²) in [6, 6.07) is 8.32. The smallest absolute Gasteiger partial charge is 0.0351 e. The van der Waals surface area contributed by atoms with E-state index < -0.39 is 0 Å². The maximum absolute atomic E-state index is 3.67. The summed E-state index contributed by atoms with van der Waals surface area (Å²) in [5.74, 6) is 0. The van der Waals surface area contributed by atoms with Crippen molar-refractivity contribution in [2.75, 3.05) is 20.1 Å². The molecule has 1 N–H and O–H groups in total. The Morgan fingerprint density at radius 2 is 2.16 bits per heavy atom. The van der Waals surface area contributed by atoms with Gasteiger partial charge in [0.15, 0.2) is 0 Å². The lowest BCUT2D eigenvalue weighted by atomic mass is 10.0. The first kappa shape index (κ1) is 13.1. The van der Waals surface area contributed by atoms with E-state index in [1.807, 2.05) is 0 Å². The molecule has 2 aliphatic rings. The van der Waals surface area contributed by atoms with E-state index in [2.05, 4.69) is 42.4 Å². The SMILES string of the molecule is Cc1ccc2c(c1)C(N(C)CC1CCCCN1)CC2. The molecule has 0 saturated carbocycles. The lowest BCUT2D eigenvalue weighted by Gasteiger charge is -2.32. The van der Waals surface area contributed by atoms with E-state index >= 15 is 0 Å². The van der Waals surface area contributed by atoms with Gasteiger partial charge < -0.3 is 5.32 Å². The average molecular weight is 258 g/mol. The molecule has 1 aliphatic heterocycles. The fourth-order valence-electron chi connectivity index (χ4n) is 3.71. The second-order valence-electron chi connectivity index (χ2n) is 6.34. The van der Waals surface area contributed by atoms with Gasteiger partial charge in [-0.15, -0.1) is 0 Å². The average Bonchev–Trinajstić information content (AvgIpc) is 2.82. The van der Waals surface area contributed by atoms with Gasteiger partial charge in [0.2, 0.25) is 0 Å². The normalized spacial score (nSPS) is 26.7. The highest BCUT2D eigenvalue weighted by Crippen LogP contribution is 2.35.